The third kappa shape index (κ3) is 2.30. The lowest BCUT2D eigenvalue weighted by Gasteiger charge is -2.30. The molecule has 1 aliphatic heterocycles. The van der Waals surface area contributed by atoms with Crippen LogP contribution in [0.25, 0.3) is 10.2 Å². The third-order valence-electron chi connectivity index (χ3n) is 3.57. The van der Waals surface area contributed by atoms with Gasteiger partial charge in [-0.25, -0.2) is 4.98 Å². The number of thiazole rings is 1. The lowest BCUT2D eigenvalue weighted by atomic mass is 9.90. The largest absolute Gasteiger partial charge is 0.425 e. The minimum Gasteiger partial charge on any atom is -0.335 e. The van der Waals surface area contributed by atoms with E-state index >= 15 is 0 Å². The van der Waals surface area contributed by atoms with Gasteiger partial charge in [-0.15, -0.1) is 0 Å². The van der Waals surface area contributed by atoms with Crippen LogP contribution in [0.5, 0.6) is 0 Å². The molecule has 0 saturated heterocycles. The molecule has 1 aromatic carbocycles. The smallest absolute Gasteiger partial charge is 0.335 e. The number of allylic oxidation sites excluding steroid dienone is 1. The Balaban J connectivity index is 2.14. The number of amides is 1. The number of nitrogens with zero attached hydrogens (tertiary/aromatic N) is 2. The third-order valence-corrected chi connectivity index (χ3v) is 4.74. The van der Waals surface area contributed by atoms with Crippen LogP contribution in [0.3, 0.4) is 0 Å². The van der Waals surface area contributed by atoms with E-state index in [1.165, 1.54) is 13.0 Å². The van der Waals surface area contributed by atoms with Gasteiger partial charge >= 0.3 is 6.18 Å². The number of carbonyl (C=O) groups is 1. The summed E-state index contributed by atoms with van der Waals surface area (Å²) >= 11 is 6.76. The molecule has 2 N–H and O–H groups in total. The molecule has 10 heteroatoms. The molecule has 1 aromatic heterocycles. The average molecular weight is 373 g/mol. The van der Waals surface area contributed by atoms with Gasteiger partial charge in [-0.2, -0.15) is 18.4 Å². The molecule has 24 heavy (non-hydrogen) atoms. The minimum absolute atomic E-state index is 0.137. The van der Waals surface area contributed by atoms with E-state index in [1.807, 2.05) is 0 Å². The van der Waals surface area contributed by atoms with Gasteiger partial charge in [-0.05, 0) is 25.1 Å². The van der Waals surface area contributed by atoms with Gasteiger partial charge in [0, 0.05) is 10.7 Å². The number of anilines is 1. The summed E-state index contributed by atoms with van der Waals surface area (Å²) < 4.78 is 41.7. The van der Waals surface area contributed by atoms with Crippen molar-refractivity contribution < 1.29 is 18.0 Å². The molecule has 1 aliphatic rings. The zero-order chi connectivity index (χ0) is 17.7. The highest BCUT2D eigenvalue weighted by Crippen LogP contribution is 2.44. The van der Waals surface area contributed by atoms with Crippen LogP contribution in [-0.2, 0) is 4.79 Å². The monoisotopic (exact) mass is 372 g/mol. The lowest BCUT2D eigenvalue weighted by Crippen LogP contribution is -2.59. The van der Waals surface area contributed by atoms with Crippen LogP contribution >= 0.6 is 22.9 Å². The summed E-state index contributed by atoms with van der Waals surface area (Å²) in [7, 11) is 0. The molecule has 0 radical (unpaired) electrons. The van der Waals surface area contributed by atoms with Crippen LogP contribution in [0, 0.1) is 11.3 Å². The Bertz CT molecular complexity index is 930. The van der Waals surface area contributed by atoms with E-state index in [2.05, 4.69) is 15.6 Å². The zero-order valence-corrected chi connectivity index (χ0v) is 13.5. The number of rotatable bonds is 2. The van der Waals surface area contributed by atoms with Crippen LogP contribution in [-0.4, -0.2) is 22.6 Å². The van der Waals surface area contributed by atoms with E-state index in [0.29, 0.717) is 15.2 Å². The van der Waals surface area contributed by atoms with Gasteiger partial charge in [0.1, 0.15) is 0 Å². The molecular weight excluding hydrogens is 365 g/mol. The van der Waals surface area contributed by atoms with Gasteiger partial charge in [0.25, 0.3) is 11.4 Å². The van der Waals surface area contributed by atoms with Crippen molar-refractivity contribution in [3.63, 3.8) is 0 Å². The highest BCUT2D eigenvalue weighted by molar-refractivity contribution is 7.22. The SMILES string of the molecule is CC1=C(C#N)[C@@](Nc2nc3ccc(Cl)cc3s2)(C(F)(F)F)C(=O)N1. The van der Waals surface area contributed by atoms with Crippen molar-refractivity contribution in [2.75, 3.05) is 5.32 Å². The molecule has 0 saturated carbocycles. The normalized spacial score (nSPS) is 21.1. The van der Waals surface area contributed by atoms with Gasteiger partial charge in [-0.3, -0.25) is 4.79 Å². The summed E-state index contributed by atoms with van der Waals surface area (Å²) in [4.78, 5) is 16.1. The van der Waals surface area contributed by atoms with E-state index in [-0.39, 0.29) is 10.8 Å². The molecule has 1 atom stereocenters. The maximum absolute atomic E-state index is 13.7. The van der Waals surface area contributed by atoms with Crippen molar-refractivity contribution in [3.8, 4) is 6.07 Å². The fourth-order valence-corrected chi connectivity index (χ4v) is 3.66. The molecule has 2 heterocycles. The van der Waals surface area contributed by atoms with Crippen molar-refractivity contribution in [1.82, 2.24) is 10.3 Å². The van der Waals surface area contributed by atoms with E-state index in [9.17, 15) is 18.0 Å². The van der Waals surface area contributed by atoms with Gasteiger partial charge in [0.2, 0.25) is 0 Å². The first-order valence-electron chi connectivity index (χ1n) is 6.53. The highest BCUT2D eigenvalue weighted by Gasteiger charge is 2.67. The van der Waals surface area contributed by atoms with Gasteiger partial charge < -0.3 is 10.6 Å². The molecule has 0 unspecified atom stereocenters. The van der Waals surface area contributed by atoms with Gasteiger partial charge in [0.15, 0.2) is 5.13 Å². The van der Waals surface area contributed by atoms with Crippen molar-refractivity contribution >= 4 is 44.2 Å². The predicted molar refractivity (Wildman–Crippen MR) is 83.5 cm³/mol. The molecular formula is C14H8ClF3N4OS. The second-order valence-electron chi connectivity index (χ2n) is 5.07. The van der Waals surface area contributed by atoms with Crippen LogP contribution < -0.4 is 10.6 Å². The summed E-state index contributed by atoms with van der Waals surface area (Å²) in [5.41, 5.74) is -3.60. The Morgan fingerprint density at radius 2 is 2.17 bits per heavy atom. The topological polar surface area (TPSA) is 77.8 Å². The Kier molecular flexibility index (Phi) is 3.69. The number of fused-ring (bicyclic) bond motifs is 1. The highest BCUT2D eigenvalue weighted by atomic mass is 35.5. The molecule has 2 aromatic rings. The van der Waals surface area contributed by atoms with E-state index < -0.39 is 23.2 Å². The Morgan fingerprint density at radius 1 is 1.46 bits per heavy atom. The zero-order valence-electron chi connectivity index (χ0n) is 12.0. The fourth-order valence-electron chi connectivity index (χ4n) is 2.46. The van der Waals surface area contributed by atoms with Crippen molar-refractivity contribution in [1.29, 1.82) is 5.26 Å². The number of carbonyl (C=O) groups excluding carboxylic acids is 1. The van der Waals surface area contributed by atoms with Gasteiger partial charge in [0.05, 0.1) is 21.9 Å². The molecule has 3 rings (SSSR count). The number of hydrogen-bond donors (Lipinski definition) is 2. The first-order valence-corrected chi connectivity index (χ1v) is 7.72. The summed E-state index contributed by atoms with van der Waals surface area (Å²) in [6.07, 6.45) is -5.03. The Hall–Kier alpha value is -2.31. The van der Waals surface area contributed by atoms with E-state index in [4.69, 9.17) is 16.9 Å². The number of aromatic nitrogens is 1. The van der Waals surface area contributed by atoms with Gasteiger partial charge in [-0.1, -0.05) is 22.9 Å². The molecule has 0 fully saturated rings. The number of alkyl halides is 3. The van der Waals surface area contributed by atoms with Crippen LogP contribution in [0.1, 0.15) is 6.92 Å². The predicted octanol–water partition coefficient (Wildman–Crippen LogP) is 3.59. The maximum Gasteiger partial charge on any atom is 0.425 e. The first-order chi connectivity index (χ1) is 11.2. The van der Waals surface area contributed by atoms with E-state index in [0.717, 1.165) is 11.3 Å². The summed E-state index contributed by atoms with van der Waals surface area (Å²) in [6, 6.07) is 6.14. The number of halogens is 4. The Labute approximate surface area is 142 Å². The molecule has 5 nitrogen and oxygen atoms in total. The fraction of sp³-hybridized carbons (Fsp3) is 0.214. The van der Waals surface area contributed by atoms with Crippen LogP contribution in [0.15, 0.2) is 29.5 Å². The average Bonchev–Trinajstić information content (AvgIpc) is 2.96. The number of nitrogens with one attached hydrogen (secondary N) is 2. The minimum atomic E-state index is -5.03. The number of benzene rings is 1. The maximum atomic E-state index is 13.7. The summed E-state index contributed by atoms with van der Waals surface area (Å²) in [5, 5.41) is 13.6. The first kappa shape index (κ1) is 16.5. The molecule has 0 bridgehead atoms. The van der Waals surface area contributed by atoms with Crippen LogP contribution in [0.2, 0.25) is 5.02 Å². The number of hydrogen-bond acceptors (Lipinski definition) is 5. The second kappa shape index (κ2) is 5.36. The quantitative estimate of drug-likeness (QED) is 0.844. The standard InChI is InChI=1S/C14H8ClF3N4OS/c1-6-8(5-19)13(11(23)20-6,14(16,17)18)22-12-21-9-3-2-7(15)4-10(9)24-12/h2-4H,1H3,(H,20,23)(H,21,22)/t13-/m0/s1. The van der Waals surface area contributed by atoms with E-state index in [1.54, 1.807) is 18.2 Å². The number of nitriles is 1. The van der Waals surface area contributed by atoms with Crippen molar-refractivity contribution in [3.05, 3.63) is 34.5 Å². The van der Waals surface area contributed by atoms with Crippen molar-refractivity contribution in [2.24, 2.45) is 0 Å². The summed E-state index contributed by atoms with van der Waals surface area (Å²) in [5.74, 6) is -1.36. The lowest BCUT2D eigenvalue weighted by molar-refractivity contribution is -0.174. The molecule has 0 spiro atoms. The summed E-state index contributed by atoms with van der Waals surface area (Å²) in [6.45, 7) is 1.24. The molecule has 124 valence electrons. The Morgan fingerprint density at radius 3 is 2.79 bits per heavy atom. The molecule has 0 aliphatic carbocycles. The second-order valence-corrected chi connectivity index (χ2v) is 6.54. The molecule has 1 amide bonds. The van der Waals surface area contributed by atoms with Crippen molar-refractivity contribution in [2.45, 2.75) is 18.6 Å². The van der Waals surface area contributed by atoms with Crippen LogP contribution in [0.4, 0.5) is 18.3 Å².